The Labute approximate surface area is 331 Å². The molecule has 2 aromatic carbocycles. The molecule has 0 radical (unpaired) electrons. The molecule has 1 saturated carbocycles. The van der Waals surface area contributed by atoms with Gasteiger partial charge in [0.2, 0.25) is 11.8 Å². The van der Waals surface area contributed by atoms with Crippen LogP contribution in [0.4, 0.5) is 4.79 Å². The zero-order valence-corrected chi connectivity index (χ0v) is 34.2. The van der Waals surface area contributed by atoms with Gasteiger partial charge in [0.1, 0.15) is 34.6 Å². The zero-order valence-electron chi connectivity index (χ0n) is 32.6. The lowest BCUT2D eigenvalue weighted by Gasteiger charge is -2.35. The molecule has 294 valence electrons. The number of hydrogen-bond donors (Lipinski definition) is 0. The van der Waals surface area contributed by atoms with Crippen LogP contribution in [0.25, 0.3) is 10.9 Å². The summed E-state index contributed by atoms with van der Waals surface area (Å²) >= 11 is 3.71. The molecule has 1 saturated heterocycles. The number of carbonyl (C=O) groups is 4. The first-order valence-corrected chi connectivity index (χ1v) is 20.2. The molecular formula is C43H52BrN3O8. The van der Waals surface area contributed by atoms with E-state index in [1.54, 1.807) is 27.7 Å². The van der Waals surface area contributed by atoms with Crippen molar-refractivity contribution in [2.24, 2.45) is 11.8 Å². The molecule has 5 atom stereocenters. The number of aromatic nitrogens is 1. The lowest BCUT2D eigenvalue weighted by atomic mass is 10.0. The highest BCUT2D eigenvalue weighted by atomic mass is 79.9. The molecule has 3 aromatic rings. The van der Waals surface area contributed by atoms with Crippen molar-refractivity contribution in [3.05, 3.63) is 76.3 Å². The predicted molar refractivity (Wildman–Crippen MR) is 211 cm³/mol. The standard InChI is InChI=1S/C43H52BrN3O8/c1-7-52-40(50)43-24-30(43)16-12-10-8-9-11-15-28(3)38(48)46-25-31(23-34(46)39(49)47(43)41(51)55-42(4,5)6)54-37-35(44)36(32-17-13-14-18-33(32)45-37)53-26-29-21-19-27(2)20-22-29/h12-14,16-22,28,30-31,34H,7-11,15,23-26H2,1-6H3/b16-12-/t28-,30+,31+,34-,43+/m0/s1. The minimum Gasteiger partial charge on any atom is -0.487 e. The van der Waals surface area contributed by atoms with Crippen molar-refractivity contribution in [1.29, 1.82) is 0 Å². The molecule has 0 unspecified atom stereocenters. The number of halogens is 1. The summed E-state index contributed by atoms with van der Waals surface area (Å²) in [4.78, 5) is 64.6. The van der Waals surface area contributed by atoms with Crippen LogP contribution < -0.4 is 9.47 Å². The maximum Gasteiger partial charge on any atom is 0.418 e. The van der Waals surface area contributed by atoms with Crippen LogP contribution in [0.15, 0.2) is 65.2 Å². The van der Waals surface area contributed by atoms with Gasteiger partial charge in [-0.15, -0.1) is 0 Å². The number of para-hydroxylation sites is 1. The number of benzene rings is 2. The maximum atomic E-state index is 15.0. The number of amides is 3. The van der Waals surface area contributed by atoms with E-state index in [9.17, 15) is 14.4 Å². The second kappa shape index (κ2) is 16.7. The Hall–Kier alpha value is -4.45. The van der Waals surface area contributed by atoms with Gasteiger partial charge in [0.05, 0.1) is 18.7 Å². The topological polar surface area (TPSA) is 125 Å². The molecule has 0 spiro atoms. The van der Waals surface area contributed by atoms with E-state index in [1.165, 1.54) is 4.90 Å². The normalized spacial score (nSPS) is 25.3. The molecule has 0 bridgehead atoms. The van der Waals surface area contributed by atoms with Crippen LogP contribution >= 0.6 is 15.9 Å². The van der Waals surface area contributed by atoms with Crippen LogP contribution in [-0.4, -0.2) is 75.1 Å². The molecule has 2 aliphatic heterocycles. The summed E-state index contributed by atoms with van der Waals surface area (Å²) in [6.45, 7) is 11.1. The minimum atomic E-state index is -1.60. The van der Waals surface area contributed by atoms with Crippen molar-refractivity contribution < 1.29 is 38.1 Å². The molecule has 0 N–H and O–H groups in total. The highest BCUT2D eigenvalue weighted by Crippen LogP contribution is 2.52. The second-order valence-electron chi connectivity index (χ2n) is 15.9. The number of carbonyl (C=O) groups excluding carboxylic acids is 4. The van der Waals surface area contributed by atoms with Gasteiger partial charge in [-0.1, -0.05) is 73.9 Å². The number of hydrogen-bond acceptors (Lipinski definition) is 9. The first-order chi connectivity index (χ1) is 26.2. The van der Waals surface area contributed by atoms with Crippen LogP contribution in [-0.2, 0) is 30.5 Å². The Morgan fingerprint density at radius 1 is 1.02 bits per heavy atom. The van der Waals surface area contributed by atoms with E-state index in [0.29, 0.717) is 28.8 Å². The third-order valence-electron chi connectivity index (χ3n) is 10.5. The summed E-state index contributed by atoms with van der Waals surface area (Å²) in [6.07, 6.45) is 6.66. The van der Waals surface area contributed by atoms with E-state index in [0.717, 1.165) is 47.1 Å². The van der Waals surface area contributed by atoms with Gasteiger partial charge in [0.15, 0.2) is 5.54 Å². The van der Waals surface area contributed by atoms with Gasteiger partial charge in [0.25, 0.3) is 5.91 Å². The van der Waals surface area contributed by atoms with Crippen molar-refractivity contribution in [2.45, 2.75) is 116 Å². The first kappa shape index (κ1) is 40.2. The number of fused-ring (bicyclic) bond motifs is 3. The summed E-state index contributed by atoms with van der Waals surface area (Å²) < 4.78 is 24.8. The number of rotatable bonds is 7. The molecule has 12 heteroatoms. The highest BCUT2D eigenvalue weighted by molar-refractivity contribution is 9.10. The van der Waals surface area contributed by atoms with Crippen molar-refractivity contribution in [1.82, 2.24) is 14.8 Å². The first-order valence-electron chi connectivity index (χ1n) is 19.4. The fourth-order valence-corrected chi connectivity index (χ4v) is 8.03. The minimum absolute atomic E-state index is 0.0521. The van der Waals surface area contributed by atoms with Gasteiger partial charge in [0, 0.05) is 23.6 Å². The third-order valence-corrected chi connectivity index (χ3v) is 11.2. The zero-order chi connectivity index (χ0) is 39.5. The van der Waals surface area contributed by atoms with Crippen LogP contribution in [0.1, 0.15) is 90.7 Å². The lowest BCUT2D eigenvalue weighted by molar-refractivity contribution is -0.159. The van der Waals surface area contributed by atoms with Crippen LogP contribution in [0.5, 0.6) is 11.6 Å². The second-order valence-corrected chi connectivity index (χ2v) is 16.7. The number of ether oxygens (including phenoxy) is 4. The third kappa shape index (κ3) is 8.84. The van der Waals surface area contributed by atoms with Crippen LogP contribution in [0, 0.1) is 18.8 Å². The molecule has 55 heavy (non-hydrogen) atoms. The largest absolute Gasteiger partial charge is 0.487 e. The van der Waals surface area contributed by atoms with E-state index in [2.05, 4.69) is 15.9 Å². The summed E-state index contributed by atoms with van der Waals surface area (Å²) in [6, 6.07) is 14.6. The van der Waals surface area contributed by atoms with E-state index >= 15 is 4.79 Å². The number of imide groups is 1. The maximum absolute atomic E-state index is 15.0. The van der Waals surface area contributed by atoms with Gasteiger partial charge < -0.3 is 23.8 Å². The Morgan fingerprint density at radius 2 is 1.76 bits per heavy atom. The summed E-state index contributed by atoms with van der Waals surface area (Å²) in [5.41, 5.74) is 0.226. The summed E-state index contributed by atoms with van der Waals surface area (Å²) in [5.74, 6) is -1.63. The number of nitrogens with zero attached hydrogens (tertiary/aromatic N) is 3. The quantitative estimate of drug-likeness (QED) is 0.171. The molecule has 3 amide bonds. The van der Waals surface area contributed by atoms with Gasteiger partial charge in [-0.3, -0.25) is 9.59 Å². The molecule has 1 aliphatic carbocycles. The number of pyridine rings is 1. The number of allylic oxidation sites excluding steroid dienone is 1. The predicted octanol–water partition coefficient (Wildman–Crippen LogP) is 8.47. The average molecular weight is 819 g/mol. The van der Waals surface area contributed by atoms with Gasteiger partial charge in [-0.25, -0.2) is 19.5 Å². The highest BCUT2D eigenvalue weighted by Gasteiger charge is 2.69. The summed E-state index contributed by atoms with van der Waals surface area (Å²) in [7, 11) is 0. The van der Waals surface area contributed by atoms with E-state index < -0.39 is 47.2 Å². The Bertz CT molecular complexity index is 1940. The molecule has 3 heterocycles. The van der Waals surface area contributed by atoms with E-state index in [-0.39, 0.29) is 43.7 Å². The van der Waals surface area contributed by atoms with Crippen LogP contribution in [0.3, 0.4) is 0 Å². The Morgan fingerprint density at radius 3 is 2.49 bits per heavy atom. The molecular weight excluding hydrogens is 766 g/mol. The lowest BCUT2D eigenvalue weighted by Crippen LogP contribution is -2.59. The Balaban J connectivity index is 1.37. The molecule has 11 nitrogen and oxygen atoms in total. The smallest absolute Gasteiger partial charge is 0.418 e. The molecule has 6 rings (SSSR count). The van der Waals surface area contributed by atoms with E-state index in [1.807, 2.05) is 74.5 Å². The van der Waals surface area contributed by atoms with E-state index in [4.69, 9.17) is 23.9 Å². The van der Waals surface area contributed by atoms with Crippen molar-refractivity contribution >= 4 is 50.7 Å². The monoisotopic (exact) mass is 817 g/mol. The van der Waals surface area contributed by atoms with Crippen molar-refractivity contribution in [3.63, 3.8) is 0 Å². The molecule has 3 aliphatic rings. The van der Waals surface area contributed by atoms with Crippen molar-refractivity contribution in [2.75, 3.05) is 13.2 Å². The number of aryl methyl sites for hydroxylation is 1. The van der Waals surface area contributed by atoms with Crippen molar-refractivity contribution in [3.8, 4) is 11.6 Å². The number of esters is 1. The molecule has 1 aromatic heterocycles. The molecule has 2 fully saturated rings. The van der Waals surface area contributed by atoms with Gasteiger partial charge >= 0.3 is 12.1 Å². The Kier molecular flexibility index (Phi) is 12.2. The fraction of sp³-hybridized carbons (Fsp3) is 0.512. The average Bonchev–Trinajstić information content (AvgIpc) is 3.69. The van der Waals surface area contributed by atoms with Gasteiger partial charge in [-0.05, 0) is 93.9 Å². The van der Waals surface area contributed by atoms with Crippen LogP contribution in [0.2, 0.25) is 0 Å². The fourth-order valence-electron chi connectivity index (χ4n) is 7.52. The summed E-state index contributed by atoms with van der Waals surface area (Å²) in [5, 5.41) is 0.789. The SMILES string of the molecule is CCOC(=O)[C@@]12C[C@H]1/C=C\CCCCC[C@H](C)C(=O)N1C[C@H](Oc3nc4ccccc4c(OCc4ccc(C)cc4)c3Br)C[C@H]1C(=O)N2C(=O)OC(C)(C)C. The van der Waals surface area contributed by atoms with Gasteiger partial charge in [-0.2, -0.15) is 0 Å².